The maximum Gasteiger partial charge on any atom is 0.0263 e. The fourth-order valence-corrected chi connectivity index (χ4v) is 3.15. The first-order chi connectivity index (χ1) is 6.72. The summed E-state index contributed by atoms with van der Waals surface area (Å²) >= 11 is 5.94. The number of hydrogen-bond donors (Lipinski definition) is 0. The van der Waals surface area contributed by atoms with Crippen molar-refractivity contribution in [3.63, 3.8) is 0 Å². The molecule has 1 atom stereocenters. The zero-order valence-corrected chi connectivity index (χ0v) is 10.0. The van der Waals surface area contributed by atoms with E-state index in [-0.39, 0.29) is 0 Å². The van der Waals surface area contributed by atoms with E-state index in [0.717, 1.165) is 11.8 Å². The highest BCUT2D eigenvalue weighted by atomic mass is 35.5. The third kappa shape index (κ3) is 2.43. The Balaban J connectivity index is 1.79. The van der Waals surface area contributed by atoms with Crippen LogP contribution >= 0.6 is 11.6 Å². The number of alkyl halides is 1. The molecule has 0 N–H and O–H groups in total. The molecule has 1 saturated carbocycles. The normalized spacial score (nSPS) is 32.6. The van der Waals surface area contributed by atoms with E-state index in [1.165, 1.54) is 51.7 Å². The molecule has 14 heavy (non-hydrogen) atoms. The fraction of sp³-hybridized carbons (Fsp3) is 1.00. The van der Waals surface area contributed by atoms with Gasteiger partial charge in [0.15, 0.2) is 0 Å². The van der Waals surface area contributed by atoms with Gasteiger partial charge in [-0.15, -0.1) is 11.6 Å². The number of rotatable bonds is 3. The van der Waals surface area contributed by atoms with E-state index in [0.29, 0.717) is 5.41 Å². The van der Waals surface area contributed by atoms with E-state index < -0.39 is 0 Å². The lowest BCUT2D eigenvalue weighted by Crippen LogP contribution is -2.45. The van der Waals surface area contributed by atoms with Crippen LogP contribution in [0.5, 0.6) is 0 Å². The van der Waals surface area contributed by atoms with Gasteiger partial charge in [0.05, 0.1) is 0 Å². The lowest BCUT2D eigenvalue weighted by atomic mass is 9.70. The SMILES string of the molecule is CC1(CN2CCCC(CCl)C2)CCC1. The third-order valence-corrected chi connectivity index (χ3v) is 4.42. The molecule has 1 nitrogen and oxygen atoms in total. The van der Waals surface area contributed by atoms with E-state index in [4.69, 9.17) is 11.6 Å². The Hall–Kier alpha value is 0.250. The van der Waals surface area contributed by atoms with E-state index in [2.05, 4.69) is 11.8 Å². The van der Waals surface area contributed by atoms with Crippen LogP contribution in [0.2, 0.25) is 0 Å². The molecular weight excluding hydrogens is 194 g/mol. The third-order valence-electron chi connectivity index (χ3n) is 3.99. The summed E-state index contributed by atoms with van der Waals surface area (Å²) in [6.07, 6.45) is 7.03. The van der Waals surface area contributed by atoms with Crippen LogP contribution in [0.1, 0.15) is 39.0 Å². The lowest BCUT2D eigenvalue weighted by Gasteiger charge is -2.44. The van der Waals surface area contributed by atoms with Gasteiger partial charge in [-0.3, -0.25) is 0 Å². The molecule has 0 amide bonds. The number of nitrogens with zero attached hydrogens (tertiary/aromatic N) is 1. The summed E-state index contributed by atoms with van der Waals surface area (Å²) in [4.78, 5) is 2.65. The number of halogens is 1. The molecule has 0 radical (unpaired) electrons. The Morgan fingerprint density at radius 3 is 2.71 bits per heavy atom. The molecule has 82 valence electrons. The Morgan fingerprint density at radius 1 is 1.36 bits per heavy atom. The van der Waals surface area contributed by atoms with Crippen LogP contribution in [0.4, 0.5) is 0 Å². The molecule has 0 aromatic rings. The Kier molecular flexibility index (Phi) is 3.38. The molecule has 2 fully saturated rings. The van der Waals surface area contributed by atoms with Crippen molar-refractivity contribution < 1.29 is 0 Å². The Bertz CT molecular complexity index is 189. The summed E-state index contributed by atoms with van der Waals surface area (Å²) in [5, 5.41) is 0. The standard InChI is InChI=1S/C12H22ClN/c1-12(5-3-6-12)10-14-7-2-4-11(8-13)9-14/h11H,2-10H2,1H3. The average Bonchev–Trinajstić information content (AvgIpc) is 2.16. The lowest BCUT2D eigenvalue weighted by molar-refractivity contribution is 0.0624. The van der Waals surface area contributed by atoms with E-state index in [9.17, 15) is 0 Å². The van der Waals surface area contributed by atoms with Crippen molar-refractivity contribution >= 4 is 11.6 Å². The highest BCUT2D eigenvalue weighted by molar-refractivity contribution is 6.18. The maximum absolute atomic E-state index is 5.94. The first-order valence-corrected chi connectivity index (χ1v) is 6.54. The second-order valence-electron chi connectivity index (χ2n) is 5.56. The first kappa shape index (κ1) is 10.8. The summed E-state index contributed by atoms with van der Waals surface area (Å²) < 4.78 is 0. The van der Waals surface area contributed by atoms with Crippen molar-refractivity contribution in [2.45, 2.75) is 39.0 Å². The summed E-state index contributed by atoms with van der Waals surface area (Å²) in [5.74, 6) is 1.61. The van der Waals surface area contributed by atoms with Gasteiger partial charge < -0.3 is 4.90 Å². The molecule has 2 heteroatoms. The molecular formula is C12H22ClN. The predicted octanol–water partition coefficient (Wildman–Crippen LogP) is 3.13. The van der Waals surface area contributed by atoms with Gasteiger partial charge in [-0.1, -0.05) is 13.3 Å². The minimum Gasteiger partial charge on any atom is -0.302 e. The van der Waals surface area contributed by atoms with Crippen LogP contribution in [-0.2, 0) is 0 Å². The van der Waals surface area contributed by atoms with Gasteiger partial charge in [-0.05, 0) is 43.6 Å². The number of hydrogen-bond acceptors (Lipinski definition) is 1. The molecule has 0 bridgehead atoms. The smallest absolute Gasteiger partial charge is 0.0263 e. The van der Waals surface area contributed by atoms with E-state index in [1.54, 1.807) is 0 Å². The molecule has 1 unspecified atom stereocenters. The van der Waals surface area contributed by atoms with Gasteiger partial charge in [0, 0.05) is 19.0 Å². The first-order valence-electron chi connectivity index (χ1n) is 6.00. The van der Waals surface area contributed by atoms with Crippen molar-refractivity contribution in [3.05, 3.63) is 0 Å². The quantitative estimate of drug-likeness (QED) is 0.654. The fourth-order valence-electron chi connectivity index (χ4n) is 2.90. The van der Waals surface area contributed by atoms with Gasteiger partial charge in [0.25, 0.3) is 0 Å². The summed E-state index contributed by atoms with van der Waals surface area (Å²) in [6.45, 7) is 6.32. The van der Waals surface area contributed by atoms with Crippen LogP contribution in [0, 0.1) is 11.3 Å². The minimum absolute atomic E-state index is 0.647. The molecule has 2 aliphatic rings. The van der Waals surface area contributed by atoms with Crippen LogP contribution in [0.15, 0.2) is 0 Å². The topological polar surface area (TPSA) is 3.24 Å². The van der Waals surface area contributed by atoms with E-state index in [1.807, 2.05) is 0 Å². The van der Waals surface area contributed by atoms with Gasteiger partial charge in [-0.2, -0.15) is 0 Å². The van der Waals surface area contributed by atoms with Crippen LogP contribution in [0.3, 0.4) is 0 Å². The van der Waals surface area contributed by atoms with Crippen LogP contribution < -0.4 is 0 Å². The highest BCUT2D eigenvalue weighted by Gasteiger charge is 2.34. The summed E-state index contributed by atoms with van der Waals surface area (Å²) in [5.41, 5.74) is 0.647. The second kappa shape index (κ2) is 4.40. The minimum atomic E-state index is 0.647. The van der Waals surface area contributed by atoms with E-state index >= 15 is 0 Å². The maximum atomic E-state index is 5.94. The predicted molar refractivity (Wildman–Crippen MR) is 61.8 cm³/mol. The molecule has 1 saturated heterocycles. The molecule has 0 aromatic carbocycles. The van der Waals surface area contributed by atoms with Gasteiger partial charge in [0.2, 0.25) is 0 Å². The van der Waals surface area contributed by atoms with Crippen molar-refractivity contribution in [1.29, 1.82) is 0 Å². The molecule has 0 aromatic heterocycles. The number of piperidine rings is 1. The van der Waals surface area contributed by atoms with Crippen LogP contribution in [-0.4, -0.2) is 30.4 Å². The summed E-state index contributed by atoms with van der Waals surface area (Å²) in [6, 6.07) is 0. The Labute approximate surface area is 92.8 Å². The van der Waals surface area contributed by atoms with Gasteiger partial charge in [-0.25, -0.2) is 0 Å². The second-order valence-corrected chi connectivity index (χ2v) is 5.87. The molecule has 1 aliphatic carbocycles. The molecule has 1 heterocycles. The zero-order chi connectivity index (χ0) is 10.0. The average molecular weight is 216 g/mol. The molecule has 2 rings (SSSR count). The Morgan fingerprint density at radius 2 is 2.14 bits per heavy atom. The van der Waals surface area contributed by atoms with Crippen molar-refractivity contribution in [2.24, 2.45) is 11.3 Å². The monoisotopic (exact) mass is 215 g/mol. The number of likely N-dealkylation sites (tertiary alicyclic amines) is 1. The highest BCUT2D eigenvalue weighted by Crippen LogP contribution is 2.41. The zero-order valence-electron chi connectivity index (χ0n) is 9.27. The van der Waals surface area contributed by atoms with Gasteiger partial charge >= 0.3 is 0 Å². The molecule has 1 aliphatic heterocycles. The van der Waals surface area contributed by atoms with Crippen molar-refractivity contribution in [3.8, 4) is 0 Å². The largest absolute Gasteiger partial charge is 0.302 e. The van der Waals surface area contributed by atoms with Crippen LogP contribution in [0.25, 0.3) is 0 Å². The van der Waals surface area contributed by atoms with Crippen molar-refractivity contribution in [2.75, 3.05) is 25.5 Å². The molecule has 0 spiro atoms. The summed E-state index contributed by atoms with van der Waals surface area (Å²) in [7, 11) is 0. The van der Waals surface area contributed by atoms with Gasteiger partial charge in [0.1, 0.15) is 0 Å². The van der Waals surface area contributed by atoms with Crippen molar-refractivity contribution in [1.82, 2.24) is 4.90 Å².